The molecular weight excluding hydrogens is 322 g/mol. The third kappa shape index (κ3) is 2.92. The monoisotopic (exact) mass is 345 g/mol. The largest absolute Gasteiger partial charge is 0.334 e. The fourth-order valence-corrected chi connectivity index (χ4v) is 3.64. The van der Waals surface area contributed by atoms with Crippen molar-refractivity contribution in [2.24, 2.45) is 0 Å². The van der Waals surface area contributed by atoms with E-state index in [1.807, 2.05) is 53.4 Å². The Labute approximate surface area is 154 Å². The van der Waals surface area contributed by atoms with Crippen molar-refractivity contribution in [1.82, 2.24) is 14.7 Å². The molecule has 0 radical (unpaired) electrons. The number of hydrogen-bond donors (Lipinski definition) is 0. The zero-order chi connectivity index (χ0) is 18.1. The van der Waals surface area contributed by atoms with Crippen LogP contribution in [0.15, 0.2) is 60.7 Å². The van der Waals surface area contributed by atoms with Crippen LogP contribution in [-0.4, -0.2) is 27.1 Å². The Morgan fingerprint density at radius 3 is 2.31 bits per heavy atom. The van der Waals surface area contributed by atoms with Crippen LogP contribution in [0, 0.1) is 0 Å². The van der Waals surface area contributed by atoms with Gasteiger partial charge in [-0.3, -0.25) is 9.48 Å². The second-order valence-electron chi connectivity index (χ2n) is 7.02. The standard InChI is InChI=1S/C22H23N3O/c1-16(2)25-20-13-14-24(22(26)18-11-7-4-8-12-18)15-19(20)21(23-25)17-9-5-3-6-10-17/h3-12,16H,13-15H2,1-2H3. The van der Waals surface area contributed by atoms with Gasteiger partial charge in [-0.25, -0.2) is 0 Å². The number of fused-ring (bicyclic) bond motifs is 1. The van der Waals surface area contributed by atoms with Crippen molar-refractivity contribution in [1.29, 1.82) is 0 Å². The number of rotatable bonds is 3. The van der Waals surface area contributed by atoms with Gasteiger partial charge in [0.1, 0.15) is 0 Å². The van der Waals surface area contributed by atoms with Crippen LogP contribution < -0.4 is 0 Å². The second kappa shape index (κ2) is 6.79. The fourth-order valence-electron chi connectivity index (χ4n) is 3.64. The first kappa shape index (κ1) is 16.6. The molecule has 0 saturated carbocycles. The van der Waals surface area contributed by atoms with E-state index in [1.54, 1.807) is 0 Å². The first-order valence-electron chi connectivity index (χ1n) is 9.15. The summed E-state index contributed by atoms with van der Waals surface area (Å²) < 4.78 is 2.13. The Kier molecular flexibility index (Phi) is 4.33. The van der Waals surface area contributed by atoms with Crippen molar-refractivity contribution in [3.05, 3.63) is 77.5 Å². The van der Waals surface area contributed by atoms with Gasteiger partial charge < -0.3 is 4.90 Å². The van der Waals surface area contributed by atoms with Gasteiger partial charge in [-0.2, -0.15) is 5.10 Å². The molecule has 4 nitrogen and oxygen atoms in total. The molecule has 0 atom stereocenters. The highest BCUT2D eigenvalue weighted by molar-refractivity contribution is 5.94. The third-order valence-electron chi connectivity index (χ3n) is 4.93. The summed E-state index contributed by atoms with van der Waals surface area (Å²) >= 11 is 0. The van der Waals surface area contributed by atoms with E-state index < -0.39 is 0 Å². The van der Waals surface area contributed by atoms with E-state index in [9.17, 15) is 4.79 Å². The van der Waals surface area contributed by atoms with Crippen molar-refractivity contribution < 1.29 is 4.79 Å². The van der Waals surface area contributed by atoms with E-state index in [2.05, 4.69) is 30.7 Å². The summed E-state index contributed by atoms with van der Waals surface area (Å²) in [7, 11) is 0. The number of amides is 1. The lowest BCUT2D eigenvalue weighted by atomic mass is 10.00. The third-order valence-corrected chi connectivity index (χ3v) is 4.93. The minimum absolute atomic E-state index is 0.0903. The molecule has 4 rings (SSSR count). The number of hydrogen-bond acceptors (Lipinski definition) is 2. The Bertz CT molecular complexity index is 913. The first-order valence-corrected chi connectivity index (χ1v) is 9.15. The molecule has 1 amide bonds. The van der Waals surface area contributed by atoms with Crippen LogP contribution in [0.1, 0.15) is 41.5 Å². The lowest BCUT2D eigenvalue weighted by Gasteiger charge is -2.28. The number of carbonyl (C=O) groups excluding carboxylic acids is 1. The van der Waals surface area contributed by atoms with Gasteiger partial charge in [0.15, 0.2) is 0 Å². The molecule has 0 spiro atoms. The zero-order valence-corrected chi connectivity index (χ0v) is 15.2. The molecule has 4 heteroatoms. The van der Waals surface area contributed by atoms with Crippen LogP contribution in [0.4, 0.5) is 0 Å². The van der Waals surface area contributed by atoms with Crippen molar-refractivity contribution in [2.75, 3.05) is 6.54 Å². The Hall–Kier alpha value is -2.88. The average Bonchev–Trinajstić information content (AvgIpc) is 3.08. The quantitative estimate of drug-likeness (QED) is 0.709. The van der Waals surface area contributed by atoms with E-state index in [0.717, 1.165) is 29.8 Å². The van der Waals surface area contributed by atoms with Gasteiger partial charge in [0.05, 0.1) is 5.69 Å². The van der Waals surface area contributed by atoms with E-state index in [4.69, 9.17) is 5.10 Å². The number of benzene rings is 2. The Balaban J connectivity index is 1.73. The molecule has 0 bridgehead atoms. The number of aromatic nitrogens is 2. The molecule has 132 valence electrons. The highest BCUT2D eigenvalue weighted by Gasteiger charge is 2.29. The smallest absolute Gasteiger partial charge is 0.254 e. The predicted molar refractivity (Wildman–Crippen MR) is 103 cm³/mol. The van der Waals surface area contributed by atoms with E-state index in [-0.39, 0.29) is 5.91 Å². The molecule has 0 N–H and O–H groups in total. The molecule has 26 heavy (non-hydrogen) atoms. The normalized spacial score (nSPS) is 13.7. The summed E-state index contributed by atoms with van der Waals surface area (Å²) in [5.41, 5.74) is 5.29. The molecule has 0 saturated heterocycles. The number of nitrogens with zero attached hydrogens (tertiary/aromatic N) is 3. The van der Waals surface area contributed by atoms with Crippen molar-refractivity contribution in [3.8, 4) is 11.3 Å². The van der Waals surface area contributed by atoms with Crippen molar-refractivity contribution in [3.63, 3.8) is 0 Å². The van der Waals surface area contributed by atoms with Crippen LogP contribution in [-0.2, 0) is 13.0 Å². The van der Waals surface area contributed by atoms with Crippen LogP contribution in [0.5, 0.6) is 0 Å². The fraction of sp³-hybridized carbons (Fsp3) is 0.273. The highest BCUT2D eigenvalue weighted by atomic mass is 16.2. The summed E-state index contributed by atoms with van der Waals surface area (Å²) in [6, 6.07) is 20.1. The topological polar surface area (TPSA) is 38.1 Å². The maximum atomic E-state index is 12.9. The summed E-state index contributed by atoms with van der Waals surface area (Å²) in [5.74, 6) is 0.0903. The Morgan fingerprint density at radius 1 is 1.00 bits per heavy atom. The average molecular weight is 345 g/mol. The first-order chi connectivity index (χ1) is 12.6. The van der Waals surface area contributed by atoms with Crippen LogP contribution >= 0.6 is 0 Å². The molecule has 0 unspecified atom stereocenters. The van der Waals surface area contributed by atoms with Gasteiger partial charge in [0.2, 0.25) is 0 Å². The molecule has 2 aromatic carbocycles. The van der Waals surface area contributed by atoms with Gasteiger partial charge >= 0.3 is 0 Å². The summed E-state index contributed by atoms with van der Waals surface area (Å²) in [6.07, 6.45) is 0.839. The van der Waals surface area contributed by atoms with E-state index in [1.165, 1.54) is 11.3 Å². The minimum Gasteiger partial charge on any atom is -0.334 e. The van der Waals surface area contributed by atoms with Gasteiger partial charge in [-0.1, -0.05) is 48.5 Å². The predicted octanol–water partition coefficient (Wildman–Crippen LogP) is 4.33. The molecule has 0 fully saturated rings. The summed E-state index contributed by atoms with van der Waals surface area (Å²) in [6.45, 7) is 5.65. The van der Waals surface area contributed by atoms with Crippen molar-refractivity contribution in [2.45, 2.75) is 32.9 Å². The maximum Gasteiger partial charge on any atom is 0.254 e. The van der Waals surface area contributed by atoms with E-state index >= 15 is 0 Å². The summed E-state index contributed by atoms with van der Waals surface area (Å²) in [4.78, 5) is 14.8. The molecular formula is C22H23N3O. The highest BCUT2D eigenvalue weighted by Crippen LogP contribution is 2.32. The van der Waals surface area contributed by atoms with Gasteiger partial charge in [0.25, 0.3) is 5.91 Å². The SMILES string of the molecule is CC(C)n1nc(-c2ccccc2)c2c1CCN(C(=O)c1ccccc1)C2. The van der Waals surface area contributed by atoms with Gasteiger partial charge in [-0.05, 0) is 26.0 Å². The minimum atomic E-state index is 0.0903. The lowest BCUT2D eigenvalue weighted by molar-refractivity contribution is 0.0733. The Morgan fingerprint density at radius 2 is 1.65 bits per heavy atom. The van der Waals surface area contributed by atoms with Crippen LogP contribution in [0.2, 0.25) is 0 Å². The van der Waals surface area contributed by atoms with Crippen molar-refractivity contribution >= 4 is 5.91 Å². The molecule has 1 aromatic heterocycles. The number of carbonyl (C=O) groups is 1. The molecule has 0 aliphatic carbocycles. The van der Waals surface area contributed by atoms with E-state index in [0.29, 0.717) is 12.6 Å². The van der Waals surface area contributed by atoms with Crippen LogP contribution in [0.3, 0.4) is 0 Å². The van der Waals surface area contributed by atoms with Gasteiger partial charge in [-0.15, -0.1) is 0 Å². The maximum absolute atomic E-state index is 12.9. The van der Waals surface area contributed by atoms with Gasteiger partial charge in [0, 0.05) is 47.9 Å². The van der Waals surface area contributed by atoms with Crippen LogP contribution in [0.25, 0.3) is 11.3 Å². The lowest BCUT2D eigenvalue weighted by Crippen LogP contribution is -2.36. The molecule has 2 heterocycles. The second-order valence-corrected chi connectivity index (χ2v) is 7.02. The molecule has 1 aliphatic heterocycles. The molecule has 1 aliphatic rings. The zero-order valence-electron chi connectivity index (χ0n) is 15.2. The summed E-state index contributed by atoms with van der Waals surface area (Å²) in [5, 5.41) is 4.91. The molecule has 3 aromatic rings.